The van der Waals surface area contributed by atoms with Crippen molar-refractivity contribution in [2.24, 2.45) is 5.92 Å². The van der Waals surface area contributed by atoms with Crippen LogP contribution in [0.25, 0.3) is 0 Å². The maximum Gasteiger partial charge on any atom is 0.226 e. The third-order valence-corrected chi connectivity index (χ3v) is 2.21. The highest BCUT2D eigenvalue weighted by Gasteiger charge is 2.12. The zero-order chi connectivity index (χ0) is 11.4. The Hall–Kier alpha value is -1.31. The summed E-state index contributed by atoms with van der Waals surface area (Å²) in [7, 11) is 1.78. The van der Waals surface area contributed by atoms with Crippen molar-refractivity contribution in [1.29, 1.82) is 0 Å². The molecule has 2 nitrogen and oxygen atoms in total. The molecule has 0 unspecified atom stereocenters. The van der Waals surface area contributed by atoms with Gasteiger partial charge < -0.3 is 4.90 Å². The van der Waals surface area contributed by atoms with Crippen LogP contribution in [-0.4, -0.2) is 13.0 Å². The van der Waals surface area contributed by atoms with Crippen molar-refractivity contribution < 1.29 is 4.79 Å². The molecule has 0 bridgehead atoms. The van der Waals surface area contributed by atoms with Crippen LogP contribution in [0.15, 0.2) is 24.3 Å². The van der Waals surface area contributed by atoms with Gasteiger partial charge in [0.05, 0.1) is 0 Å². The van der Waals surface area contributed by atoms with Crippen LogP contribution < -0.4 is 4.90 Å². The largest absolute Gasteiger partial charge is 0.315 e. The van der Waals surface area contributed by atoms with Gasteiger partial charge in [0.2, 0.25) is 5.91 Å². The first-order valence-corrected chi connectivity index (χ1v) is 5.13. The number of hydrogen-bond donors (Lipinski definition) is 0. The quantitative estimate of drug-likeness (QED) is 0.739. The molecule has 1 aromatic rings. The minimum atomic E-state index is 0.121. The summed E-state index contributed by atoms with van der Waals surface area (Å²) < 4.78 is 0. The standard InChI is InChI=1S/C13H17NO/c1-10(2)8-13(15)14(4)12-7-5-6-11(3)9-12/h3,5-7,9-10H,8H2,1-2,4H3. The average molecular weight is 203 g/mol. The predicted octanol–water partition coefficient (Wildman–Crippen LogP) is 2.75. The van der Waals surface area contributed by atoms with Crippen molar-refractivity contribution in [2.45, 2.75) is 20.3 Å². The molecule has 15 heavy (non-hydrogen) atoms. The highest BCUT2D eigenvalue weighted by atomic mass is 16.2. The fraction of sp³-hybridized carbons (Fsp3) is 0.385. The fourth-order valence-electron chi connectivity index (χ4n) is 1.36. The summed E-state index contributed by atoms with van der Waals surface area (Å²) in [6.45, 7) is 9.73. The summed E-state index contributed by atoms with van der Waals surface area (Å²) in [6.07, 6.45) is 0.561. The van der Waals surface area contributed by atoms with Gasteiger partial charge in [0.1, 0.15) is 0 Å². The molecular weight excluding hydrogens is 186 g/mol. The molecule has 0 saturated carbocycles. The van der Waals surface area contributed by atoms with E-state index in [1.54, 1.807) is 18.0 Å². The molecule has 0 heterocycles. The first-order chi connectivity index (χ1) is 7.00. The van der Waals surface area contributed by atoms with Crippen LogP contribution in [-0.2, 0) is 4.79 Å². The van der Waals surface area contributed by atoms with Crippen LogP contribution in [0.1, 0.15) is 25.8 Å². The topological polar surface area (TPSA) is 20.3 Å². The molecule has 0 atom stereocenters. The lowest BCUT2D eigenvalue weighted by Gasteiger charge is -2.18. The third kappa shape index (κ3) is 3.39. The molecule has 0 N–H and O–H groups in total. The molecule has 2 radical (unpaired) electrons. The maximum atomic E-state index is 11.8. The number of benzene rings is 1. The molecule has 0 aliphatic rings. The van der Waals surface area contributed by atoms with E-state index < -0.39 is 0 Å². The van der Waals surface area contributed by atoms with E-state index in [2.05, 4.69) is 0 Å². The summed E-state index contributed by atoms with van der Waals surface area (Å²) >= 11 is 0. The smallest absolute Gasteiger partial charge is 0.226 e. The number of anilines is 1. The van der Waals surface area contributed by atoms with Gasteiger partial charge in [0.25, 0.3) is 0 Å². The van der Waals surface area contributed by atoms with E-state index >= 15 is 0 Å². The molecule has 1 aromatic carbocycles. The molecular formula is C13H17NO. The summed E-state index contributed by atoms with van der Waals surface area (Å²) in [4.78, 5) is 13.4. The summed E-state index contributed by atoms with van der Waals surface area (Å²) in [6, 6.07) is 7.35. The third-order valence-electron chi connectivity index (χ3n) is 2.21. The van der Waals surface area contributed by atoms with Gasteiger partial charge in [-0.15, -0.1) is 0 Å². The van der Waals surface area contributed by atoms with E-state index in [9.17, 15) is 4.79 Å². The summed E-state index contributed by atoms with van der Waals surface area (Å²) in [5.74, 6) is 0.497. The lowest BCUT2D eigenvalue weighted by molar-refractivity contribution is -0.119. The Labute approximate surface area is 91.9 Å². The Morgan fingerprint density at radius 1 is 1.47 bits per heavy atom. The Morgan fingerprint density at radius 2 is 2.13 bits per heavy atom. The van der Waals surface area contributed by atoms with Crippen molar-refractivity contribution >= 4 is 11.6 Å². The van der Waals surface area contributed by atoms with Crippen molar-refractivity contribution in [3.63, 3.8) is 0 Å². The van der Waals surface area contributed by atoms with Crippen molar-refractivity contribution in [1.82, 2.24) is 0 Å². The lowest BCUT2D eigenvalue weighted by Crippen LogP contribution is -2.27. The van der Waals surface area contributed by atoms with E-state index in [0.717, 1.165) is 5.69 Å². The molecule has 0 aliphatic heterocycles. The fourth-order valence-corrected chi connectivity index (χ4v) is 1.36. The molecule has 0 saturated heterocycles. The zero-order valence-corrected chi connectivity index (χ0v) is 9.53. The highest BCUT2D eigenvalue weighted by molar-refractivity contribution is 5.92. The maximum absolute atomic E-state index is 11.8. The molecule has 1 rings (SSSR count). The van der Waals surface area contributed by atoms with E-state index in [0.29, 0.717) is 17.9 Å². The van der Waals surface area contributed by atoms with Gasteiger partial charge in [-0.3, -0.25) is 4.79 Å². The van der Waals surface area contributed by atoms with E-state index in [1.165, 1.54) is 0 Å². The number of nitrogens with zero attached hydrogens (tertiary/aromatic N) is 1. The molecule has 2 heteroatoms. The molecule has 0 aliphatic carbocycles. The first kappa shape index (κ1) is 11.8. The number of rotatable bonds is 3. The van der Waals surface area contributed by atoms with E-state index in [1.807, 2.05) is 32.0 Å². The van der Waals surface area contributed by atoms with E-state index in [4.69, 9.17) is 6.92 Å². The number of hydrogen-bond acceptors (Lipinski definition) is 1. The minimum Gasteiger partial charge on any atom is -0.315 e. The van der Waals surface area contributed by atoms with Crippen molar-refractivity contribution in [2.75, 3.05) is 11.9 Å². The second kappa shape index (κ2) is 4.96. The molecule has 0 fully saturated rings. The Morgan fingerprint density at radius 3 is 2.67 bits per heavy atom. The number of carbonyl (C=O) groups excluding carboxylic acids is 1. The van der Waals surface area contributed by atoms with Crippen LogP contribution in [0, 0.1) is 12.8 Å². The van der Waals surface area contributed by atoms with Crippen LogP contribution in [0.5, 0.6) is 0 Å². The minimum absolute atomic E-state index is 0.121. The molecule has 1 amide bonds. The van der Waals surface area contributed by atoms with Gasteiger partial charge in [0.15, 0.2) is 0 Å². The van der Waals surface area contributed by atoms with Gasteiger partial charge >= 0.3 is 0 Å². The average Bonchev–Trinajstić information content (AvgIpc) is 2.15. The van der Waals surface area contributed by atoms with Gasteiger partial charge in [-0.2, -0.15) is 0 Å². The second-order valence-electron chi connectivity index (χ2n) is 4.15. The second-order valence-corrected chi connectivity index (χ2v) is 4.15. The van der Waals surface area contributed by atoms with Gasteiger partial charge in [0, 0.05) is 19.2 Å². The SMILES string of the molecule is [CH]c1cccc(N(C)C(=O)CC(C)C)c1. The van der Waals surface area contributed by atoms with Crippen LogP contribution in [0.2, 0.25) is 0 Å². The van der Waals surface area contributed by atoms with Gasteiger partial charge in [-0.1, -0.05) is 26.0 Å². The summed E-state index contributed by atoms with van der Waals surface area (Å²) in [5.41, 5.74) is 1.53. The zero-order valence-electron chi connectivity index (χ0n) is 9.53. The first-order valence-electron chi connectivity index (χ1n) is 5.13. The van der Waals surface area contributed by atoms with Gasteiger partial charge in [-0.05, 0) is 30.5 Å². The normalized spacial score (nSPS) is 10.5. The van der Waals surface area contributed by atoms with Gasteiger partial charge in [-0.25, -0.2) is 0 Å². The Balaban J connectivity index is 2.76. The van der Waals surface area contributed by atoms with Crippen LogP contribution in [0.4, 0.5) is 5.69 Å². The Bertz CT molecular complexity index is 344. The molecule has 0 spiro atoms. The number of carbonyl (C=O) groups is 1. The lowest BCUT2D eigenvalue weighted by atomic mass is 10.1. The van der Waals surface area contributed by atoms with Crippen molar-refractivity contribution in [3.05, 3.63) is 36.8 Å². The molecule has 0 aromatic heterocycles. The van der Waals surface area contributed by atoms with Crippen molar-refractivity contribution in [3.8, 4) is 0 Å². The Kier molecular flexibility index (Phi) is 3.89. The summed E-state index contributed by atoms with van der Waals surface area (Å²) in [5, 5.41) is 0. The van der Waals surface area contributed by atoms with E-state index in [-0.39, 0.29) is 5.91 Å². The highest BCUT2D eigenvalue weighted by Crippen LogP contribution is 2.16. The molecule has 80 valence electrons. The predicted molar refractivity (Wildman–Crippen MR) is 62.7 cm³/mol. The monoisotopic (exact) mass is 203 g/mol. The van der Waals surface area contributed by atoms with Crippen LogP contribution >= 0.6 is 0 Å². The number of amides is 1. The van der Waals surface area contributed by atoms with Crippen LogP contribution in [0.3, 0.4) is 0 Å².